The second-order valence-corrected chi connectivity index (χ2v) is 6.28. The van der Waals surface area contributed by atoms with Crippen LogP contribution in [0.1, 0.15) is 28.5 Å². The molecule has 0 saturated carbocycles. The van der Waals surface area contributed by atoms with Gasteiger partial charge >= 0.3 is 0 Å². The minimum atomic E-state index is -0.191. The van der Waals surface area contributed by atoms with E-state index in [2.05, 4.69) is 44.8 Å². The molecule has 0 saturated heterocycles. The van der Waals surface area contributed by atoms with E-state index in [1.165, 1.54) is 11.1 Å². The SMILES string of the molecule is CC(CN1CCc2ccccc2C1)NC(=O)c1cn(CCN)nn1. The van der Waals surface area contributed by atoms with Gasteiger partial charge in [0.15, 0.2) is 5.69 Å². The van der Waals surface area contributed by atoms with Crippen molar-refractivity contribution in [2.75, 3.05) is 19.6 Å². The van der Waals surface area contributed by atoms with Crippen molar-refractivity contribution in [1.82, 2.24) is 25.2 Å². The summed E-state index contributed by atoms with van der Waals surface area (Å²) in [4.78, 5) is 14.6. The Morgan fingerprint density at radius 2 is 2.17 bits per heavy atom. The van der Waals surface area contributed by atoms with Gasteiger partial charge in [-0.1, -0.05) is 29.5 Å². The van der Waals surface area contributed by atoms with Gasteiger partial charge in [-0.3, -0.25) is 14.4 Å². The van der Waals surface area contributed by atoms with Crippen molar-refractivity contribution in [3.63, 3.8) is 0 Å². The Kier molecular flexibility index (Phi) is 5.22. The fourth-order valence-electron chi connectivity index (χ4n) is 3.08. The fourth-order valence-corrected chi connectivity index (χ4v) is 3.08. The van der Waals surface area contributed by atoms with Gasteiger partial charge < -0.3 is 11.1 Å². The summed E-state index contributed by atoms with van der Waals surface area (Å²) < 4.78 is 1.58. The molecule has 1 unspecified atom stereocenters. The molecule has 1 aliphatic heterocycles. The molecule has 0 fully saturated rings. The third-order valence-corrected chi connectivity index (χ3v) is 4.25. The summed E-state index contributed by atoms with van der Waals surface area (Å²) in [6, 6.07) is 8.60. The first-order valence-corrected chi connectivity index (χ1v) is 8.36. The molecule has 0 spiro atoms. The maximum absolute atomic E-state index is 12.2. The number of hydrogen-bond acceptors (Lipinski definition) is 5. The van der Waals surface area contributed by atoms with Gasteiger partial charge in [-0.15, -0.1) is 5.10 Å². The zero-order chi connectivity index (χ0) is 16.9. The molecule has 3 rings (SSSR count). The average molecular weight is 328 g/mol. The maximum atomic E-state index is 12.2. The molecular weight excluding hydrogens is 304 g/mol. The highest BCUT2D eigenvalue weighted by Gasteiger charge is 2.19. The lowest BCUT2D eigenvalue weighted by atomic mass is 10.00. The van der Waals surface area contributed by atoms with E-state index in [1.807, 2.05) is 6.92 Å². The molecule has 2 aromatic rings. The van der Waals surface area contributed by atoms with Gasteiger partial charge in [-0.05, 0) is 24.5 Å². The minimum absolute atomic E-state index is 0.0439. The lowest BCUT2D eigenvalue weighted by Crippen LogP contribution is -2.43. The number of aromatic nitrogens is 3. The number of nitrogens with one attached hydrogen (secondary N) is 1. The van der Waals surface area contributed by atoms with Crippen molar-refractivity contribution < 1.29 is 4.79 Å². The highest BCUT2D eigenvalue weighted by Crippen LogP contribution is 2.18. The first-order chi connectivity index (χ1) is 11.7. The van der Waals surface area contributed by atoms with E-state index in [0.717, 1.165) is 26.1 Å². The molecule has 1 aromatic heterocycles. The van der Waals surface area contributed by atoms with Crippen LogP contribution in [0.4, 0.5) is 0 Å². The van der Waals surface area contributed by atoms with Crippen LogP contribution in [-0.2, 0) is 19.5 Å². The Bertz CT molecular complexity index is 698. The quantitative estimate of drug-likeness (QED) is 0.802. The molecule has 7 nitrogen and oxygen atoms in total. The Morgan fingerprint density at radius 3 is 2.96 bits per heavy atom. The maximum Gasteiger partial charge on any atom is 0.273 e. The summed E-state index contributed by atoms with van der Waals surface area (Å²) >= 11 is 0. The first-order valence-electron chi connectivity index (χ1n) is 8.36. The van der Waals surface area contributed by atoms with Crippen LogP contribution in [0.15, 0.2) is 30.5 Å². The summed E-state index contributed by atoms with van der Waals surface area (Å²) in [5.74, 6) is -0.191. The molecular formula is C17H24N6O. The monoisotopic (exact) mass is 328 g/mol. The Balaban J connectivity index is 1.52. The van der Waals surface area contributed by atoms with Gasteiger partial charge in [-0.2, -0.15) is 0 Å². The second kappa shape index (κ2) is 7.55. The zero-order valence-corrected chi connectivity index (χ0v) is 14.0. The number of carbonyl (C=O) groups is 1. The van der Waals surface area contributed by atoms with Crippen LogP contribution in [0.5, 0.6) is 0 Å². The summed E-state index contributed by atoms with van der Waals surface area (Å²) in [5.41, 5.74) is 8.62. The molecule has 1 aliphatic rings. The van der Waals surface area contributed by atoms with Gasteiger partial charge in [-0.25, -0.2) is 0 Å². The molecule has 1 atom stereocenters. The van der Waals surface area contributed by atoms with Crippen molar-refractivity contribution in [2.45, 2.75) is 32.5 Å². The number of fused-ring (bicyclic) bond motifs is 1. The number of carbonyl (C=O) groups excluding carboxylic acids is 1. The minimum Gasteiger partial charge on any atom is -0.347 e. The largest absolute Gasteiger partial charge is 0.347 e. The zero-order valence-electron chi connectivity index (χ0n) is 14.0. The lowest BCUT2D eigenvalue weighted by Gasteiger charge is -2.30. The first kappa shape index (κ1) is 16.6. The van der Waals surface area contributed by atoms with Gasteiger partial charge in [0.1, 0.15) is 0 Å². The van der Waals surface area contributed by atoms with Gasteiger partial charge in [0.25, 0.3) is 5.91 Å². The van der Waals surface area contributed by atoms with E-state index < -0.39 is 0 Å². The van der Waals surface area contributed by atoms with Gasteiger partial charge in [0, 0.05) is 32.2 Å². The van der Waals surface area contributed by atoms with Crippen molar-refractivity contribution >= 4 is 5.91 Å². The Labute approximate surface area is 141 Å². The smallest absolute Gasteiger partial charge is 0.273 e. The van der Waals surface area contributed by atoms with Crippen LogP contribution < -0.4 is 11.1 Å². The number of rotatable bonds is 6. The molecule has 0 bridgehead atoms. The van der Waals surface area contributed by atoms with E-state index in [4.69, 9.17) is 5.73 Å². The van der Waals surface area contributed by atoms with E-state index in [-0.39, 0.29) is 11.9 Å². The lowest BCUT2D eigenvalue weighted by molar-refractivity contribution is 0.0922. The van der Waals surface area contributed by atoms with E-state index >= 15 is 0 Å². The highest BCUT2D eigenvalue weighted by atomic mass is 16.2. The van der Waals surface area contributed by atoms with E-state index in [1.54, 1.807) is 10.9 Å². The average Bonchev–Trinajstić information content (AvgIpc) is 3.04. The van der Waals surface area contributed by atoms with Crippen LogP contribution in [0.25, 0.3) is 0 Å². The normalized spacial score (nSPS) is 15.8. The number of nitrogens with two attached hydrogens (primary N) is 1. The standard InChI is InChI=1S/C17H24N6O/c1-13(19-17(24)16-12-23(9-7-18)21-20-16)10-22-8-6-14-4-2-3-5-15(14)11-22/h2-5,12-13H,6-11,18H2,1H3,(H,19,24). The number of benzene rings is 1. The second-order valence-electron chi connectivity index (χ2n) is 6.28. The molecule has 0 radical (unpaired) electrons. The molecule has 128 valence electrons. The third-order valence-electron chi connectivity index (χ3n) is 4.25. The highest BCUT2D eigenvalue weighted by molar-refractivity contribution is 5.92. The van der Waals surface area contributed by atoms with Crippen molar-refractivity contribution in [3.05, 3.63) is 47.3 Å². The van der Waals surface area contributed by atoms with Gasteiger partial charge in [0.05, 0.1) is 12.7 Å². The summed E-state index contributed by atoms with van der Waals surface area (Å²) in [7, 11) is 0. The molecule has 3 N–H and O–H groups in total. The summed E-state index contributed by atoms with van der Waals surface area (Å²) in [6.07, 6.45) is 2.69. The van der Waals surface area contributed by atoms with Crippen LogP contribution in [-0.4, -0.2) is 51.5 Å². The fraction of sp³-hybridized carbons (Fsp3) is 0.471. The van der Waals surface area contributed by atoms with Crippen LogP contribution in [0, 0.1) is 0 Å². The topological polar surface area (TPSA) is 89.1 Å². The molecule has 2 heterocycles. The Morgan fingerprint density at radius 1 is 1.38 bits per heavy atom. The van der Waals surface area contributed by atoms with Gasteiger partial charge in [0.2, 0.25) is 0 Å². The molecule has 7 heteroatoms. The number of amides is 1. The Hall–Kier alpha value is -2.25. The van der Waals surface area contributed by atoms with Crippen molar-refractivity contribution in [1.29, 1.82) is 0 Å². The van der Waals surface area contributed by atoms with Crippen LogP contribution >= 0.6 is 0 Å². The van der Waals surface area contributed by atoms with E-state index in [9.17, 15) is 4.79 Å². The molecule has 1 amide bonds. The molecule has 24 heavy (non-hydrogen) atoms. The molecule has 1 aromatic carbocycles. The predicted molar refractivity (Wildman–Crippen MR) is 91.4 cm³/mol. The molecule has 0 aliphatic carbocycles. The predicted octanol–water partition coefficient (Wildman–Crippen LogP) is 0.413. The third kappa shape index (κ3) is 3.98. The van der Waals surface area contributed by atoms with E-state index in [0.29, 0.717) is 18.8 Å². The number of nitrogens with zero attached hydrogens (tertiary/aromatic N) is 4. The summed E-state index contributed by atoms with van der Waals surface area (Å²) in [6.45, 7) is 5.81. The van der Waals surface area contributed by atoms with Crippen LogP contribution in [0.3, 0.4) is 0 Å². The summed E-state index contributed by atoms with van der Waals surface area (Å²) in [5, 5.41) is 10.8. The van der Waals surface area contributed by atoms with Crippen LogP contribution in [0.2, 0.25) is 0 Å². The van der Waals surface area contributed by atoms with Crippen molar-refractivity contribution in [2.24, 2.45) is 5.73 Å². The number of hydrogen-bond donors (Lipinski definition) is 2. The van der Waals surface area contributed by atoms with Crippen molar-refractivity contribution in [3.8, 4) is 0 Å².